The van der Waals surface area contributed by atoms with Gasteiger partial charge in [0.2, 0.25) is 5.91 Å². The molecule has 3 rings (SSSR count). The zero-order chi connectivity index (χ0) is 34.8. The molecule has 1 unspecified atom stereocenters. The van der Waals surface area contributed by atoms with Crippen LogP contribution in [0.2, 0.25) is 0 Å². The number of rotatable bonds is 27. The van der Waals surface area contributed by atoms with Crippen LogP contribution in [0.15, 0.2) is 54.6 Å². The van der Waals surface area contributed by atoms with E-state index < -0.39 is 12.2 Å². The molecule has 0 saturated carbocycles. The van der Waals surface area contributed by atoms with Crippen molar-refractivity contribution in [1.29, 1.82) is 0 Å². The van der Waals surface area contributed by atoms with Gasteiger partial charge in [0.25, 0.3) is 0 Å². The van der Waals surface area contributed by atoms with Gasteiger partial charge in [0.15, 0.2) is 0 Å². The third-order valence-electron chi connectivity index (χ3n) is 8.10. The average Bonchev–Trinajstić information content (AvgIpc) is 3.13. The van der Waals surface area contributed by atoms with Crippen LogP contribution < -0.4 is 5.48 Å². The van der Waals surface area contributed by atoms with Gasteiger partial charge in [-0.1, -0.05) is 54.6 Å². The molecule has 0 aromatic heterocycles. The second kappa shape index (κ2) is 25.9. The van der Waals surface area contributed by atoms with Crippen molar-refractivity contribution in [2.24, 2.45) is 5.92 Å². The smallest absolute Gasteiger partial charge is 0.328 e. The molecule has 1 amide bonds. The number of nitrogens with zero attached hydrogens (tertiary/aromatic N) is 1. The number of ether oxygens (including phenoxy) is 6. The first kappa shape index (κ1) is 40.5. The summed E-state index contributed by atoms with van der Waals surface area (Å²) in [7, 11) is 1.63. The molecule has 1 aliphatic rings. The number of carbonyl (C=O) groups excluding carboxylic acids is 2. The van der Waals surface area contributed by atoms with Crippen molar-refractivity contribution in [1.82, 2.24) is 10.4 Å². The van der Waals surface area contributed by atoms with E-state index in [2.05, 4.69) is 41.9 Å². The van der Waals surface area contributed by atoms with Crippen LogP contribution in [0, 0.1) is 5.92 Å². The van der Waals surface area contributed by atoms with Gasteiger partial charge in [0, 0.05) is 26.6 Å². The molecule has 49 heavy (non-hydrogen) atoms. The molecule has 2 aromatic carbocycles. The van der Waals surface area contributed by atoms with Crippen LogP contribution in [-0.4, -0.2) is 121 Å². The Balaban J connectivity index is 1.13. The summed E-state index contributed by atoms with van der Waals surface area (Å²) in [6.45, 7) is 5.53. The van der Waals surface area contributed by atoms with Crippen LogP contribution in [0.5, 0.6) is 0 Å². The van der Waals surface area contributed by atoms with E-state index in [1.807, 2.05) is 18.2 Å². The molecule has 12 heteroatoms. The zero-order valence-electron chi connectivity index (χ0n) is 29.1. The lowest BCUT2D eigenvalue weighted by atomic mass is 9.97. The lowest BCUT2D eigenvalue weighted by molar-refractivity contribution is -0.166. The van der Waals surface area contributed by atoms with Gasteiger partial charge in [0.05, 0.1) is 72.0 Å². The molecule has 2 N–H and O–H groups in total. The van der Waals surface area contributed by atoms with E-state index in [0.29, 0.717) is 98.4 Å². The first-order chi connectivity index (χ1) is 24.0. The second-order valence-corrected chi connectivity index (χ2v) is 11.9. The molecule has 0 bridgehead atoms. The van der Waals surface area contributed by atoms with Crippen LogP contribution in [0.1, 0.15) is 42.4 Å². The summed E-state index contributed by atoms with van der Waals surface area (Å²) in [5.74, 6) is -0.885. The van der Waals surface area contributed by atoms with Crippen LogP contribution >= 0.6 is 0 Å². The molecular weight excluding hydrogens is 632 g/mol. The number of aryl methyl sites for hydroxylation is 2. The molecule has 274 valence electrons. The van der Waals surface area contributed by atoms with E-state index in [4.69, 9.17) is 33.3 Å². The lowest BCUT2D eigenvalue weighted by Gasteiger charge is -2.30. The van der Waals surface area contributed by atoms with E-state index in [1.54, 1.807) is 12.0 Å². The third kappa shape index (κ3) is 18.6. The summed E-state index contributed by atoms with van der Waals surface area (Å²) >= 11 is 0. The maximum absolute atomic E-state index is 12.6. The van der Waals surface area contributed by atoms with Gasteiger partial charge in [0.1, 0.15) is 12.8 Å². The molecule has 1 aliphatic heterocycles. The maximum atomic E-state index is 12.6. The SMILES string of the molecule is COCCOCCOCCOCCOCCOCC(=O)N1CCC(C(=O)ONC(O)Cc2ccc(CCCCc3ccccc3)cc2)CC1. The number of likely N-dealkylation sites (tertiary alicyclic amines) is 1. The number of piperidine rings is 1. The molecule has 0 aliphatic carbocycles. The van der Waals surface area contributed by atoms with Crippen molar-refractivity contribution >= 4 is 11.9 Å². The highest BCUT2D eigenvalue weighted by Crippen LogP contribution is 2.19. The highest BCUT2D eigenvalue weighted by atomic mass is 16.7. The Morgan fingerprint density at radius 3 is 1.76 bits per heavy atom. The largest absolute Gasteiger partial charge is 0.382 e. The summed E-state index contributed by atoms with van der Waals surface area (Å²) in [6, 6.07) is 18.7. The number of hydroxylamine groups is 1. The molecule has 1 heterocycles. The molecule has 0 radical (unpaired) electrons. The fourth-order valence-electron chi connectivity index (χ4n) is 5.26. The minimum Gasteiger partial charge on any atom is -0.382 e. The van der Waals surface area contributed by atoms with E-state index >= 15 is 0 Å². The first-order valence-corrected chi connectivity index (χ1v) is 17.5. The van der Waals surface area contributed by atoms with Crippen LogP contribution in [-0.2, 0) is 62.1 Å². The summed E-state index contributed by atoms with van der Waals surface area (Å²) in [4.78, 5) is 32.0. The van der Waals surface area contributed by atoms with Crippen molar-refractivity contribution in [3.8, 4) is 0 Å². The van der Waals surface area contributed by atoms with Gasteiger partial charge in [-0.15, -0.1) is 5.48 Å². The van der Waals surface area contributed by atoms with E-state index in [1.165, 1.54) is 11.1 Å². The predicted octanol–water partition coefficient (Wildman–Crippen LogP) is 3.13. The van der Waals surface area contributed by atoms with E-state index in [9.17, 15) is 14.7 Å². The number of amides is 1. The minimum atomic E-state index is -1.02. The number of unbranched alkanes of at least 4 members (excludes halogenated alkanes) is 1. The van der Waals surface area contributed by atoms with Gasteiger partial charge in [-0.05, 0) is 55.2 Å². The number of nitrogens with one attached hydrogen (secondary N) is 1. The molecule has 12 nitrogen and oxygen atoms in total. The normalized spacial score (nSPS) is 14.2. The number of methoxy groups -OCH3 is 1. The monoisotopic (exact) mass is 688 g/mol. The molecule has 2 aromatic rings. The number of hydrogen-bond donors (Lipinski definition) is 2. The second-order valence-electron chi connectivity index (χ2n) is 11.9. The Hall–Kier alpha value is -2.94. The molecule has 1 atom stereocenters. The fraction of sp³-hybridized carbons (Fsp3) is 0.622. The number of aliphatic hydroxyl groups excluding tert-OH is 1. The number of aliphatic hydroxyl groups is 1. The topological polar surface area (TPSA) is 134 Å². The lowest BCUT2D eigenvalue weighted by Crippen LogP contribution is -2.43. The van der Waals surface area contributed by atoms with Crippen molar-refractivity contribution in [2.45, 2.75) is 51.2 Å². The minimum absolute atomic E-state index is 0.0372. The Morgan fingerprint density at radius 2 is 1.20 bits per heavy atom. The van der Waals surface area contributed by atoms with Gasteiger partial charge in [-0.3, -0.25) is 9.59 Å². The maximum Gasteiger partial charge on any atom is 0.328 e. The third-order valence-corrected chi connectivity index (χ3v) is 8.10. The molecule has 1 fully saturated rings. The highest BCUT2D eigenvalue weighted by molar-refractivity contribution is 5.78. The Morgan fingerprint density at radius 1 is 0.714 bits per heavy atom. The van der Waals surface area contributed by atoms with Crippen LogP contribution in [0.4, 0.5) is 0 Å². The van der Waals surface area contributed by atoms with E-state index in [0.717, 1.165) is 31.2 Å². The van der Waals surface area contributed by atoms with Crippen molar-refractivity contribution in [3.63, 3.8) is 0 Å². The molecule has 0 spiro atoms. The standard InChI is InChI=1S/C37H56N2O10/c1-43-19-20-44-21-22-45-23-24-46-25-26-47-27-28-48-30-36(41)39-17-15-34(16-18-39)37(42)49-38-35(40)29-33-13-11-32(12-14-33)10-6-5-9-31-7-3-2-4-8-31/h2-4,7-8,11-14,34-35,38,40H,5-6,9-10,15-30H2,1H3. The van der Waals surface area contributed by atoms with E-state index in [-0.39, 0.29) is 18.4 Å². The van der Waals surface area contributed by atoms with Crippen molar-refractivity contribution in [3.05, 3.63) is 71.3 Å². The van der Waals surface area contributed by atoms with Crippen LogP contribution in [0.3, 0.4) is 0 Å². The Kier molecular flexibility index (Phi) is 21.4. The fourth-order valence-corrected chi connectivity index (χ4v) is 5.26. The van der Waals surface area contributed by atoms with Gasteiger partial charge in [-0.2, -0.15) is 0 Å². The van der Waals surface area contributed by atoms with Gasteiger partial charge >= 0.3 is 5.97 Å². The summed E-state index contributed by atoms with van der Waals surface area (Å²) in [6.07, 6.45) is 4.64. The quantitative estimate of drug-likeness (QED) is 0.0815. The first-order valence-electron chi connectivity index (χ1n) is 17.5. The van der Waals surface area contributed by atoms with Gasteiger partial charge < -0.3 is 43.3 Å². The summed E-state index contributed by atoms with van der Waals surface area (Å²) in [5, 5.41) is 10.4. The molecule has 1 saturated heterocycles. The molecular formula is C37H56N2O10. The number of hydrogen-bond acceptors (Lipinski definition) is 11. The zero-order valence-corrected chi connectivity index (χ0v) is 29.1. The number of carbonyl (C=O) groups is 2. The summed E-state index contributed by atoms with van der Waals surface area (Å²) in [5.41, 5.74) is 6.07. The average molecular weight is 689 g/mol. The number of benzene rings is 2. The van der Waals surface area contributed by atoms with Crippen molar-refractivity contribution in [2.75, 3.05) is 92.9 Å². The predicted molar refractivity (Wildman–Crippen MR) is 184 cm³/mol. The Bertz CT molecular complexity index is 1130. The van der Waals surface area contributed by atoms with Crippen LogP contribution in [0.25, 0.3) is 0 Å². The van der Waals surface area contributed by atoms with Crippen molar-refractivity contribution < 1.29 is 48.0 Å². The van der Waals surface area contributed by atoms with Gasteiger partial charge in [-0.25, -0.2) is 0 Å². The highest BCUT2D eigenvalue weighted by Gasteiger charge is 2.29. The Labute approximate surface area is 291 Å². The summed E-state index contributed by atoms with van der Waals surface area (Å²) < 4.78 is 32.0.